The predicted molar refractivity (Wildman–Crippen MR) is 79.0 cm³/mol. The van der Waals surface area contributed by atoms with Crippen molar-refractivity contribution in [3.8, 4) is 5.75 Å². The van der Waals surface area contributed by atoms with E-state index in [2.05, 4.69) is 10.6 Å². The Balaban J connectivity index is 2.30. The minimum absolute atomic E-state index is 0.0562. The number of ether oxygens (including phenoxy) is 1. The van der Waals surface area contributed by atoms with Gasteiger partial charge in [0.15, 0.2) is 0 Å². The minimum atomic E-state index is -0.287. The average molecular weight is 280 g/mol. The molecule has 5 nitrogen and oxygen atoms in total. The summed E-state index contributed by atoms with van der Waals surface area (Å²) in [5.41, 5.74) is 1.18. The number of amides is 2. The van der Waals surface area contributed by atoms with Crippen molar-refractivity contribution in [2.45, 2.75) is 39.3 Å². The van der Waals surface area contributed by atoms with E-state index in [1.54, 1.807) is 0 Å². The van der Waals surface area contributed by atoms with Crippen LogP contribution < -0.4 is 15.4 Å². The molecule has 0 spiro atoms. The molecule has 0 bridgehead atoms. The number of hydrogen-bond acceptors (Lipinski definition) is 3. The van der Waals surface area contributed by atoms with Crippen LogP contribution in [0.25, 0.3) is 0 Å². The first-order valence-electron chi connectivity index (χ1n) is 6.93. The van der Waals surface area contributed by atoms with Crippen LogP contribution in [-0.4, -0.2) is 36.4 Å². The molecule has 2 amide bonds. The summed E-state index contributed by atoms with van der Waals surface area (Å²) in [7, 11) is 0. The zero-order chi connectivity index (χ0) is 15.0. The summed E-state index contributed by atoms with van der Waals surface area (Å²) in [5, 5.41) is 14.4. The van der Waals surface area contributed by atoms with E-state index in [0.717, 1.165) is 5.75 Å². The molecule has 0 heterocycles. The molecule has 1 aromatic carbocycles. The predicted octanol–water partition coefficient (Wildman–Crippen LogP) is 1.83. The van der Waals surface area contributed by atoms with E-state index in [4.69, 9.17) is 9.84 Å². The fraction of sp³-hybridized carbons (Fsp3) is 0.533. The van der Waals surface area contributed by atoms with Crippen molar-refractivity contribution >= 4 is 6.03 Å². The Bertz CT molecular complexity index is 402. The van der Waals surface area contributed by atoms with Crippen molar-refractivity contribution in [2.24, 2.45) is 0 Å². The number of aliphatic hydroxyl groups is 1. The Labute approximate surface area is 120 Å². The number of rotatable bonds is 7. The van der Waals surface area contributed by atoms with Crippen molar-refractivity contribution < 1.29 is 14.6 Å². The van der Waals surface area contributed by atoms with Gasteiger partial charge in [-0.2, -0.15) is 0 Å². The van der Waals surface area contributed by atoms with Crippen molar-refractivity contribution in [3.63, 3.8) is 0 Å². The molecule has 20 heavy (non-hydrogen) atoms. The van der Waals surface area contributed by atoms with Crippen LogP contribution in [0.2, 0.25) is 0 Å². The van der Waals surface area contributed by atoms with Crippen LogP contribution in [0.4, 0.5) is 4.79 Å². The van der Waals surface area contributed by atoms with E-state index in [0.29, 0.717) is 13.0 Å². The molecule has 2 atom stereocenters. The molecule has 5 heteroatoms. The highest BCUT2D eigenvalue weighted by Crippen LogP contribution is 2.12. The van der Waals surface area contributed by atoms with Gasteiger partial charge in [0.2, 0.25) is 0 Å². The molecule has 1 rings (SSSR count). The maximum Gasteiger partial charge on any atom is 0.315 e. The molecular formula is C15H24N2O3. The lowest BCUT2D eigenvalue weighted by Crippen LogP contribution is -2.46. The van der Waals surface area contributed by atoms with E-state index in [1.807, 2.05) is 45.0 Å². The van der Waals surface area contributed by atoms with E-state index >= 15 is 0 Å². The SMILES string of the molecule is CCC(CO)NC(=O)NCC(C)Oc1ccc(C)cc1. The van der Waals surface area contributed by atoms with Gasteiger partial charge in [-0.1, -0.05) is 24.6 Å². The quantitative estimate of drug-likeness (QED) is 0.713. The first kappa shape index (κ1) is 16.3. The highest BCUT2D eigenvalue weighted by atomic mass is 16.5. The van der Waals surface area contributed by atoms with Crippen molar-refractivity contribution in [1.82, 2.24) is 10.6 Å². The topological polar surface area (TPSA) is 70.6 Å². The number of carbonyl (C=O) groups excluding carboxylic acids is 1. The lowest BCUT2D eigenvalue weighted by molar-refractivity contribution is 0.198. The van der Waals surface area contributed by atoms with Crippen LogP contribution in [0.15, 0.2) is 24.3 Å². The van der Waals surface area contributed by atoms with Crippen LogP contribution in [0.5, 0.6) is 5.75 Å². The second-order valence-electron chi connectivity index (χ2n) is 4.88. The molecule has 0 aromatic heterocycles. The van der Waals surface area contributed by atoms with Crippen molar-refractivity contribution in [3.05, 3.63) is 29.8 Å². The summed E-state index contributed by atoms with van der Waals surface area (Å²) in [6.45, 7) is 6.17. The normalized spacial score (nSPS) is 13.4. The van der Waals surface area contributed by atoms with Crippen LogP contribution in [0, 0.1) is 6.92 Å². The third kappa shape index (κ3) is 5.93. The number of carbonyl (C=O) groups is 1. The Morgan fingerprint density at radius 2 is 2.00 bits per heavy atom. The van der Waals surface area contributed by atoms with Gasteiger partial charge in [0, 0.05) is 0 Å². The van der Waals surface area contributed by atoms with E-state index in [1.165, 1.54) is 5.56 Å². The fourth-order valence-electron chi connectivity index (χ4n) is 1.64. The molecule has 2 unspecified atom stereocenters. The minimum Gasteiger partial charge on any atom is -0.489 e. The third-order valence-corrected chi connectivity index (χ3v) is 2.96. The maximum absolute atomic E-state index is 11.6. The van der Waals surface area contributed by atoms with E-state index in [9.17, 15) is 4.79 Å². The molecule has 1 aromatic rings. The van der Waals surface area contributed by atoms with Gasteiger partial charge in [-0.3, -0.25) is 0 Å². The molecule has 0 aliphatic carbocycles. The molecule has 0 radical (unpaired) electrons. The molecule has 3 N–H and O–H groups in total. The summed E-state index contributed by atoms with van der Waals surface area (Å²) in [4.78, 5) is 11.6. The van der Waals surface area contributed by atoms with Crippen LogP contribution in [0.1, 0.15) is 25.8 Å². The zero-order valence-electron chi connectivity index (χ0n) is 12.3. The van der Waals surface area contributed by atoms with Crippen LogP contribution in [-0.2, 0) is 0 Å². The molecular weight excluding hydrogens is 256 g/mol. The summed E-state index contributed by atoms with van der Waals surface area (Å²) in [6.07, 6.45) is 0.567. The summed E-state index contributed by atoms with van der Waals surface area (Å²) in [6, 6.07) is 7.29. The lowest BCUT2D eigenvalue weighted by Gasteiger charge is -2.18. The third-order valence-electron chi connectivity index (χ3n) is 2.96. The Morgan fingerprint density at radius 1 is 1.35 bits per heavy atom. The molecule has 0 saturated heterocycles. The molecule has 0 fully saturated rings. The first-order chi connectivity index (χ1) is 9.55. The Morgan fingerprint density at radius 3 is 2.55 bits per heavy atom. The fourth-order valence-corrected chi connectivity index (χ4v) is 1.64. The van der Waals surface area contributed by atoms with Gasteiger partial charge in [0.25, 0.3) is 0 Å². The monoisotopic (exact) mass is 280 g/mol. The molecule has 0 saturated carbocycles. The Hall–Kier alpha value is -1.75. The standard InChI is InChI=1S/C15H24N2O3/c1-4-13(10-18)17-15(19)16-9-12(3)20-14-7-5-11(2)6-8-14/h5-8,12-13,18H,4,9-10H2,1-3H3,(H2,16,17,19). The second-order valence-corrected chi connectivity index (χ2v) is 4.88. The number of urea groups is 1. The van der Waals surface area contributed by atoms with Gasteiger partial charge in [0.05, 0.1) is 19.2 Å². The van der Waals surface area contributed by atoms with Crippen molar-refractivity contribution in [2.75, 3.05) is 13.2 Å². The van der Waals surface area contributed by atoms with Gasteiger partial charge in [0.1, 0.15) is 11.9 Å². The zero-order valence-corrected chi connectivity index (χ0v) is 12.3. The van der Waals surface area contributed by atoms with Gasteiger partial charge in [-0.15, -0.1) is 0 Å². The number of benzene rings is 1. The molecule has 0 aliphatic rings. The highest BCUT2D eigenvalue weighted by Gasteiger charge is 2.10. The summed E-state index contributed by atoms with van der Waals surface area (Å²) < 4.78 is 5.69. The summed E-state index contributed by atoms with van der Waals surface area (Å²) >= 11 is 0. The number of aryl methyl sites for hydroxylation is 1. The van der Waals surface area contributed by atoms with Gasteiger partial charge in [-0.25, -0.2) is 4.79 Å². The summed E-state index contributed by atoms with van der Waals surface area (Å²) in [5.74, 6) is 0.784. The van der Waals surface area contributed by atoms with Gasteiger partial charge >= 0.3 is 6.03 Å². The van der Waals surface area contributed by atoms with Crippen LogP contribution in [0.3, 0.4) is 0 Å². The van der Waals surface area contributed by atoms with Gasteiger partial charge < -0.3 is 20.5 Å². The number of aliphatic hydroxyl groups excluding tert-OH is 1. The maximum atomic E-state index is 11.6. The smallest absolute Gasteiger partial charge is 0.315 e. The largest absolute Gasteiger partial charge is 0.489 e. The lowest BCUT2D eigenvalue weighted by atomic mass is 10.2. The number of hydrogen-bond donors (Lipinski definition) is 3. The first-order valence-corrected chi connectivity index (χ1v) is 6.93. The highest BCUT2D eigenvalue weighted by molar-refractivity contribution is 5.74. The van der Waals surface area contributed by atoms with Gasteiger partial charge in [-0.05, 0) is 32.4 Å². The molecule has 0 aliphatic heterocycles. The van der Waals surface area contributed by atoms with Crippen molar-refractivity contribution in [1.29, 1.82) is 0 Å². The number of nitrogens with one attached hydrogen (secondary N) is 2. The second kappa shape index (κ2) is 8.43. The van der Waals surface area contributed by atoms with Crippen LogP contribution >= 0.6 is 0 Å². The average Bonchev–Trinajstić information content (AvgIpc) is 2.45. The van der Waals surface area contributed by atoms with E-state index < -0.39 is 0 Å². The Kier molecular flexibility index (Phi) is 6.87. The molecule has 112 valence electrons. The van der Waals surface area contributed by atoms with E-state index in [-0.39, 0.29) is 24.8 Å².